The van der Waals surface area contributed by atoms with Crippen LogP contribution in [-0.2, 0) is 16.0 Å². The van der Waals surface area contributed by atoms with Crippen LogP contribution in [0.25, 0.3) is 0 Å². The lowest BCUT2D eigenvalue weighted by Crippen LogP contribution is -2.25. The first-order valence-corrected chi connectivity index (χ1v) is 8.42. The monoisotopic (exact) mass is 386 g/mol. The zero-order valence-electron chi connectivity index (χ0n) is 15.9. The Balaban J connectivity index is 1.96. The van der Waals surface area contributed by atoms with Gasteiger partial charge in [0.05, 0.1) is 26.4 Å². The number of carbonyl (C=O) groups excluding carboxylic acids is 1. The van der Waals surface area contributed by atoms with E-state index < -0.39 is 11.9 Å². The number of nitrogens with one attached hydrogen (secondary N) is 1. The molecule has 8 nitrogen and oxygen atoms in total. The minimum atomic E-state index is -0.964. The van der Waals surface area contributed by atoms with Gasteiger partial charge in [-0.15, -0.1) is 0 Å². The molecular formula is C20H22N2O6. The molecule has 148 valence electrons. The summed E-state index contributed by atoms with van der Waals surface area (Å²) in [7, 11) is 3.04. The van der Waals surface area contributed by atoms with E-state index in [1.54, 1.807) is 56.5 Å². The smallest absolute Gasteiger partial charge is 0.307 e. The van der Waals surface area contributed by atoms with Gasteiger partial charge in [0, 0.05) is 5.56 Å². The largest absolute Gasteiger partial charge is 0.497 e. The minimum absolute atomic E-state index is 0.174. The number of rotatable bonds is 9. The number of methoxy groups -OCH3 is 2. The molecule has 0 aliphatic rings. The van der Waals surface area contributed by atoms with Crippen LogP contribution in [0.15, 0.2) is 47.6 Å². The van der Waals surface area contributed by atoms with Crippen LogP contribution in [0.2, 0.25) is 0 Å². The molecule has 2 aromatic rings. The molecule has 0 spiro atoms. The summed E-state index contributed by atoms with van der Waals surface area (Å²) in [5.74, 6) is 0.322. The van der Waals surface area contributed by atoms with Crippen LogP contribution in [0.1, 0.15) is 18.1 Å². The number of carboxylic acid groups (broad SMARTS) is 1. The van der Waals surface area contributed by atoms with Crippen molar-refractivity contribution >= 4 is 17.6 Å². The summed E-state index contributed by atoms with van der Waals surface area (Å²) in [6.07, 6.45) is -0.174. The van der Waals surface area contributed by atoms with Gasteiger partial charge in [-0.1, -0.05) is 0 Å². The normalized spacial score (nSPS) is 10.9. The maximum absolute atomic E-state index is 11.9. The summed E-state index contributed by atoms with van der Waals surface area (Å²) in [5.41, 5.74) is 4.13. The van der Waals surface area contributed by atoms with Gasteiger partial charge < -0.3 is 19.3 Å². The highest BCUT2D eigenvalue weighted by Gasteiger charge is 2.10. The Morgan fingerprint density at radius 3 is 2.32 bits per heavy atom. The first-order chi connectivity index (χ1) is 13.4. The highest BCUT2D eigenvalue weighted by molar-refractivity contribution is 5.99. The first-order valence-electron chi connectivity index (χ1n) is 8.42. The summed E-state index contributed by atoms with van der Waals surface area (Å²) in [6, 6.07) is 11.9. The molecule has 0 radical (unpaired) electrons. The van der Waals surface area contributed by atoms with Crippen molar-refractivity contribution < 1.29 is 28.9 Å². The predicted octanol–water partition coefficient (Wildman–Crippen LogP) is 2.25. The second-order valence-electron chi connectivity index (χ2n) is 5.79. The molecule has 2 N–H and O–H groups in total. The molecule has 1 amide bonds. The van der Waals surface area contributed by atoms with Gasteiger partial charge in [-0.3, -0.25) is 9.59 Å². The number of carboxylic acids is 1. The Kier molecular flexibility index (Phi) is 7.38. The summed E-state index contributed by atoms with van der Waals surface area (Å²) < 4.78 is 15.6. The van der Waals surface area contributed by atoms with Crippen molar-refractivity contribution in [1.29, 1.82) is 0 Å². The molecule has 8 heteroatoms. The molecule has 0 aliphatic heterocycles. The van der Waals surface area contributed by atoms with Crippen LogP contribution >= 0.6 is 0 Å². The maximum Gasteiger partial charge on any atom is 0.307 e. The van der Waals surface area contributed by atoms with E-state index in [0.717, 1.165) is 0 Å². The lowest BCUT2D eigenvalue weighted by atomic mass is 10.0. The van der Waals surface area contributed by atoms with E-state index in [-0.39, 0.29) is 13.0 Å². The number of benzene rings is 2. The topological polar surface area (TPSA) is 106 Å². The minimum Gasteiger partial charge on any atom is -0.497 e. The molecule has 0 fully saturated rings. The van der Waals surface area contributed by atoms with Crippen molar-refractivity contribution in [2.45, 2.75) is 13.3 Å². The van der Waals surface area contributed by atoms with Crippen LogP contribution in [0, 0.1) is 0 Å². The zero-order valence-corrected chi connectivity index (χ0v) is 15.9. The Morgan fingerprint density at radius 1 is 1.04 bits per heavy atom. The molecule has 0 heterocycles. The Bertz CT molecular complexity index is 861. The first kappa shape index (κ1) is 20.8. The average Bonchev–Trinajstić information content (AvgIpc) is 2.70. The average molecular weight is 386 g/mol. The van der Waals surface area contributed by atoms with Crippen LogP contribution in [0.5, 0.6) is 17.2 Å². The van der Waals surface area contributed by atoms with Crippen molar-refractivity contribution in [3.05, 3.63) is 53.6 Å². The van der Waals surface area contributed by atoms with Crippen molar-refractivity contribution in [2.75, 3.05) is 20.8 Å². The summed E-state index contributed by atoms with van der Waals surface area (Å²) in [6.45, 7) is 1.51. The number of hydrogen-bond acceptors (Lipinski definition) is 6. The van der Waals surface area contributed by atoms with Gasteiger partial charge in [-0.25, -0.2) is 5.43 Å². The predicted molar refractivity (Wildman–Crippen MR) is 103 cm³/mol. The van der Waals surface area contributed by atoms with E-state index in [0.29, 0.717) is 34.1 Å². The van der Waals surface area contributed by atoms with Crippen molar-refractivity contribution in [3.63, 3.8) is 0 Å². The van der Waals surface area contributed by atoms with E-state index in [1.807, 2.05) is 0 Å². The van der Waals surface area contributed by atoms with Crippen LogP contribution < -0.4 is 19.6 Å². The van der Waals surface area contributed by atoms with Gasteiger partial charge in [0.25, 0.3) is 5.91 Å². The third-order valence-corrected chi connectivity index (χ3v) is 3.82. The Morgan fingerprint density at radius 2 is 1.71 bits per heavy atom. The second-order valence-corrected chi connectivity index (χ2v) is 5.79. The fraction of sp³-hybridized carbons (Fsp3) is 0.250. The zero-order chi connectivity index (χ0) is 20.5. The van der Waals surface area contributed by atoms with Gasteiger partial charge >= 0.3 is 5.97 Å². The SMILES string of the molecule is COc1ccc(OCC(=O)N/N=C(/C)c2ccc(OC)c(CC(=O)O)c2)cc1. The lowest BCUT2D eigenvalue weighted by molar-refractivity contribution is -0.136. The number of hydrazone groups is 1. The Labute approximate surface area is 162 Å². The van der Waals surface area contributed by atoms with Crippen LogP contribution in [0.4, 0.5) is 0 Å². The summed E-state index contributed by atoms with van der Waals surface area (Å²) >= 11 is 0. The molecule has 0 saturated heterocycles. The van der Waals surface area contributed by atoms with Gasteiger partial charge in [0.1, 0.15) is 17.2 Å². The van der Waals surface area contributed by atoms with Crippen molar-refractivity contribution in [1.82, 2.24) is 5.43 Å². The molecule has 0 saturated carbocycles. The van der Waals surface area contributed by atoms with Gasteiger partial charge in [-0.05, 0) is 55.0 Å². The third kappa shape index (κ3) is 6.01. The number of nitrogens with zero attached hydrogens (tertiary/aromatic N) is 1. The van der Waals surface area contributed by atoms with E-state index in [1.165, 1.54) is 7.11 Å². The molecular weight excluding hydrogens is 364 g/mol. The van der Waals surface area contributed by atoms with Gasteiger partial charge in [0.2, 0.25) is 0 Å². The molecule has 0 bridgehead atoms. The van der Waals surface area contributed by atoms with E-state index in [2.05, 4.69) is 10.5 Å². The Hall–Kier alpha value is -3.55. The fourth-order valence-corrected chi connectivity index (χ4v) is 2.37. The van der Waals surface area contributed by atoms with Gasteiger partial charge in [0.15, 0.2) is 6.61 Å². The van der Waals surface area contributed by atoms with E-state index in [4.69, 9.17) is 19.3 Å². The maximum atomic E-state index is 11.9. The molecule has 28 heavy (non-hydrogen) atoms. The highest BCUT2D eigenvalue weighted by atomic mass is 16.5. The molecule has 0 aromatic heterocycles. The number of aliphatic carboxylic acids is 1. The number of carbonyl (C=O) groups is 2. The van der Waals surface area contributed by atoms with Crippen molar-refractivity contribution in [3.8, 4) is 17.2 Å². The molecule has 2 rings (SSSR count). The fourth-order valence-electron chi connectivity index (χ4n) is 2.37. The van der Waals surface area contributed by atoms with Crippen molar-refractivity contribution in [2.24, 2.45) is 5.10 Å². The summed E-state index contributed by atoms with van der Waals surface area (Å²) in [4.78, 5) is 22.9. The highest BCUT2D eigenvalue weighted by Crippen LogP contribution is 2.21. The molecule has 2 aromatic carbocycles. The number of ether oxygens (including phenoxy) is 3. The quantitative estimate of drug-likeness (QED) is 0.506. The van der Waals surface area contributed by atoms with Crippen LogP contribution in [0.3, 0.4) is 0 Å². The number of hydrogen-bond donors (Lipinski definition) is 2. The van der Waals surface area contributed by atoms with Crippen LogP contribution in [-0.4, -0.2) is 43.5 Å². The molecule has 0 aliphatic carbocycles. The van der Waals surface area contributed by atoms with E-state index >= 15 is 0 Å². The van der Waals surface area contributed by atoms with Gasteiger partial charge in [-0.2, -0.15) is 5.10 Å². The third-order valence-electron chi connectivity index (χ3n) is 3.82. The second kappa shape index (κ2) is 9.96. The molecule has 0 atom stereocenters. The summed E-state index contributed by atoms with van der Waals surface area (Å²) in [5, 5.41) is 13.0. The molecule has 0 unspecified atom stereocenters. The number of amides is 1. The van der Waals surface area contributed by atoms with E-state index in [9.17, 15) is 9.59 Å². The lowest BCUT2D eigenvalue weighted by Gasteiger charge is -2.10. The standard InChI is InChI=1S/C20H22N2O6/c1-13(14-4-9-18(27-3)15(10-14)11-20(24)25)21-22-19(23)12-28-17-7-5-16(26-2)6-8-17/h4-10H,11-12H2,1-3H3,(H,22,23)(H,24,25)/b21-13-.